The monoisotopic (exact) mass is 392 g/mol. The largest absolute Gasteiger partial charge is 0.396 e. The summed E-state index contributed by atoms with van der Waals surface area (Å²) in [7, 11) is -3.98. The predicted octanol–water partition coefficient (Wildman–Crippen LogP) is 3.93. The zero-order valence-electron chi connectivity index (χ0n) is 10.8. The molecule has 0 unspecified atom stereocenters. The van der Waals surface area contributed by atoms with Crippen molar-refractivity contribution in [2.45, 2.75) is 11.8 Å². The van der Waals surface area contributed by atoms with Gasteiger partial charge in [0.25, 0.3) is 10.0 Å². The molecule has 21 heavy (non-hydrogen) atoms. The molecule has 0 radical (unpaired) electrons. The number of nitrogen functional groups attached to an aromatic ring is 1. The van der Waals surface area contributed by atoms with Crippen LogP contribution in [0.1, 0.15) is 5.56 Å². The molecule has 2 aromatic rings. The van der Waals surface area contributed by atoms with Crippen molar-refractivity contribution in [3.05, 3.63) is 51.2 Å². The highest BCUT2D eigenvalue weighted by molar-refractivity contribution is 9.10. The molecule has 0 aliphatic carbocycles. The minimum absolute atomic E-state index is 0.238. The summed E-state index contributed by atoms with van der Waals surface area (Å²) in [5.74, 6) is -0.768. The number of aryl methyl sites for hydroxylation is 1. The molecule has 0 atom stereocenters. The van der Waals surface area contributed by atoms with E-state index in [4.69, 9.17) is 17.3 Å². The van der Waals surface area contributed by atoms with Crippen LogP contribution >= 0.6 is 27.5 Å². The van der Waals surface area contributed by atoms with Crippen molar-refractivity contribution < 1.29 is 12.8 Å². The Balaban J connectivity index is 2.48. The van der Waals surface area contributed by atoms with Crippen LogP contribution in [-0.4, -0.2) is 8.42 Å². The smallest absolute Gasteiger partial charge is 0.263 e. The van der Waals surface area contributed by atoms with Crippen molar-refractivity contribution in [1.82, 2.24) is 0 Å². The number of halogens is 3. The van der Waals surface area contributed by atoms with Gasteiger partial charge >= 0.3 is 0 Å². The van der Waals surface area contributed by atoms with Crippen LogP contribution in [0.4, 0.5) is 15.8 Å². The van der Waals surface area contributed by atoms with Gasteiger partial charge in [0.15, 0.2) is 0 Å². The first-order chi connectivity index (χ1) is 9.72. The lowest BCUT2D eigenvalue weighted by atomic mass is 10.2. The maximum Gasteiger partial charge on any atom is 0.263 e. The number of hydrogen-bond acceptors (Lipinski definition) is 3. The number of sulfonamides is 1. The van der Waals surface area contributed by atoms with Crippen LogP contribution in [0.5, 0.6) is 0 Å². The Kier molecular flexibility index (Phi) is 4.46. The van der Waals surface area contributed by atoms with Crippen LogP contribution in [0.25, 0.3) is 0 Å². The van der Waals surface area contributed by atoms with Crippen LogP contribution < -0.4 is 10.5 Å². The van der Waals surface area contributed by atoms with Gasteiger partial charge in [0.2, 0.25) is 0 Å². The first kappa shape index (κ1) is 16.1. The van der Waals surface area contributed by atoms with Crippen molar-refractivity contribution in [2.75, 3.05) is 10.5 Å². The topological polar surface area (TPSA) is 72.2 Å². The molecule has 0 heterocycles. The summed E-state index contributed by atoms with van der Waals surface area (Å²) < 4.78 is 41.0. The SMILES string of the molecule is Cc1cccc(NS(=O)(=O)c2cc(N)c(F)cc2Cl)c1Br. The molecule has 0 bridgehead atoms. The van der Waals surface area contributed by atoms with Gasteiger partial charge in [0, 0.05) is 4.47 Å². The lowest BCUT2D eigenvalue weighted by Gasteiger charge is -2.12. The Bertz CT molecular complexity index is 812. The summed E-state index contributed by atoms with van der Waals surface area (Å²) >= 11 is 9.10. The van der Waals surface area contributed by atoms with Crippen LogP contribution in [0, 0.1) is 12.7 Å². The van der Waals surface area contributed by atoms with E-state index in [1.807, 2.05) is 13.0 Å². The van der Waals surface area contributed by atoms with Gasteiger partial charge in [0.05, 0.1) is 16.4 Å². The molecule has 0 saturated heterocycles. The molecule has 2 aromatic carbocycles. The minimum atomic E-state index is -3.98. The first-order valence-electron chi connectivity index (χ1n) is 5.75. The highest BCUT2D eigenvalue weighted by atomic mass is 79.9. The lowest BCUT2D eigenvalue weighted by molar-refractivity contribution is 0.600. The van der Waals surface area contributed by atoms with Crippen molar-refractivity contribution in [3.8, 4) is 0 Å². The summed E-state index contributed by atoms with van der Waals surface area (Å²) in [6, 6.07) is 6.99. The summed E-state index contributed by atoms with van der Waals surface area (Å²) in [5.41, 5.74) is 6.33. The number of benzene rings is 2. The Morgan fingerprint density at radius 3 is 2.67 bits per heavy atom. The van der Waals surface area contributed by atoms with Gasteiger partial charge in [-0.2, -0.15) is 0 Å². The quantitative estimate of drug-likeness (QED) is 0.776. The van der Waals surface area contributed by atoms with E-state index < -0.39 is 15.8 Å². The van der Waals surface area contributed by atoms with Crippen molar-refractivity contribution >= 4 is 48.9 Å². The normalized spacial score (nSPS) is 11.4. The van der Waals surface area contributed by atoms with E-state index >= 15 is 0 Å². The summed E-state index contributed by atoms with van der Waals surface area (Å²) in [6.07, 6.45) is 0. The van der Waals surface area contributed by atoms with Crippen LogP contribution in [0.3, 0.4) is 0 Å². The first-order valence-corrected chi connectivity index (χ1v) is 8.40. The molecule has 2 rings (SSSR count). The summed E-state index contributed by atoms with van der Waals surface area (Å²) in [6.45, 7) is 1.82. The maximum atomic E-state index is 13.3. The van der Waals surface area contributed by atoms with Gasteiger partial charge in [-0.05, 0) is 46.6 Å². The third-order valence-corrected chi connectivity index (χ3v) is 5.66. The van der Waals surface area contributed by atoms with Crippen LogP contribution in [0.15, 0.2) is 39.7 Å². The Morgan fingerprint density at radius 1 is 1.33 bits per heavy atom. The average molecular weight is 394 g/mol. The molecule has 0 fully saturated rings. The van der Waals surface area contributed by atoms with E-state index in [2.05, 4.69) is 20.7 Å². The van der Waals surface area contributed by atoms with Gasteiger partial charge in [-0.1, -0.05) is 23.7 Å². The van der Waals surface area contributed by atoms with Crippen LogP contribution in [0.2, 0.25) is 5.02 Å². The number of anilines is 2. The van der Waals surface area contributed by atoms with Crippen LogP contribution in [-0.2, 0) is 10.0 Å². The Morgan fingerprint density at radius 2 is 2.00 bits per heavy atom. The molecule has 0 aliphatic rings. The summed E-state index contributed by atoms with van der Waals surface area (Å²) in [5, 5.41) is -0.238. The van der Waals surface area contributed by atoms with Crippen molar-refractivity contribution in [1.29, 1.82) is 0 Å². The van der Waals surface area contributed by atoms with E-state index in [0.717, 1.165) is 17.7 Å². The Hall–Kier alpha value is -1.31. The fourth-order valence-corrected chi connectivity index (χ4v) is 3.79. The number of hydrogen-bond donors (Lipinski definition) is 2. The summed E-state index contributed by atoms with van der Waals surface area (Å²) in [4.78, 5) is -0.281. The van der Waals surface area contributed by atoms with Crippen molar-refractivity contribution in [2.24, 2.45) is 0 Å². The third kappa shape index (κ3) is 3.30. The molecule has 0 amide bonds. The Labute approximate surface area is 135 Å². The molecule has 0 aromatic heterocycles. The third-order valence-electron chi connectivity index (χ3n) is 2.78. The molecule has 4 nitrogen and oxygen atoms in total. The molecule has 112 valence electrons. The second kappa shape index (κ2) is 5.82. The molecular weight excluding hydrogens is 383 g/mol. The number of rotatable bonds is 3. The minimum Gasteiger partial charge on any atom is -0.396 e. The second-order valence-electron chi connectivity index (χ2n) is 4.35. The van der Waals surface area contributed by atoms with Crippen molar-refractivity contribution in [3.63, 3.8) is 0 Å². The van der Waals surface area contributed by atoms with E-state index in [0.29, 0.717) is 10.2 Å². The van der Waals surface area contributed by atoms with Gasteiger partial charge in [0.1, 0.15) is 10.7 Å². The molecule has 8 heteroatoms. The second-order valence-corrected chi connectivity index (χ2v) is 7.20. The average Bonchev–Trinajstić information content (AvgIpc) is 2.39. The predicted molar refractivity (Wildman–Crippen MR) is 85.5 cm³/mol. The standard InChI is InChI=1S/C13H11BrClFN2O2S/c1-7-3-2-4-11(13(7)14)18-21(19,20)12-6-10(17)9(16)5-8(12)15/h2-6,18H,17H2,1H3. The fourth-order valence-electron chi connectivity index (χ4n) is 1.68. The lowest BCUT2D eigenvalue weighted by Crippen LogP contribution is -2.14. The van der Waals surface area contributed by atoms with E-state index in [1.165, 1.54) is 0 Å². The van der Waals surface area contributed by atoms with Gasteiger partial charge < -0.3 is 5.73 Å². The van der Waals surface area contributed by atoms with Gasteiger partial charge in [-0.15, -0.1) is 0 Å². The highest BCUT2D eigenvalue weighted by Crippen LogP contribution is 2.31. The molecule has 0 saturated carbocycles. The maximum absolute atomic E-state index is 13.3. The highest BCUT2D eigenvalue weighted by Gasteiger charge is 2.21. The molecule has 3 N–H and O–H groups in total. The van der Waals surface area contributed by atoms with Gasteiger partial charge in [-0.25, -0.2) is 12.8 Å². The fraction of sp³-hybridized carbons (Fsp3) is 0.0769. The number of nitrogens with two attached hydrogens (primary N) is 1. The molecule has 0 spiro atoms. The van der Waals surface area contributed by atoms with E-state index in [9.17, 15) is 12.8 Å². The zero-order valence-corrected chi connectivity index (χ0v) is 14.0. The van der Waals surface area contributed by atoms with E-state index in [1.54, 1.807) is 12.1 Å². The number of nitrogens with one attached hydrogen (secondary N) is 1. The molecule has 0 aliphatic heterocycles. The van der Waals surface area contributed by atoms with Gasteiger partial charge in [-0.3, -0.25) is 4.72 Å². The molecular formula is C13H11BrClFN2O2S. The zero-order chi connectivity index (χ0) is 15.8. The van der Waals surface area contributed by atoms with E-state index in [-0.39, 0.29) is 15.6 Å².